The van der Waals surface area contributed by atoms with Crippen LogP contribution in [0.25, 0.3) is 0 Å². The lowest BCUT2D eigenvalue weighted by Gasteiger charge is -2.09. The van der Waals surface area contributed by atoms with Crippen LogP contribution in [0.1, 0.15) is 29.9 Å². The quantitative estimate of drug-likeness (QED) is 0.909. The Morgan fingerprint density at radius 2 is 1.95 bits per heavy atom. The van der Waals surface area contributed by atoms with Crippen LogP contribution in [0.2, 0.25) is 0 Å². The van der Waals surface area contributed by atoms with Crippen molar-refractivity contribution in [3.63, 3.8) is 0 Å². The molecule has 0 saturated heterocycles. The van der Waals surface area contributed by atoms with E-state index in [0.29, 0.717) is 12.2 Å². The van der Waals surface area contributed by atoms with Crippen molar-refractivity contribution in [3.8, 4) is 5.75 Å². The summed E-state index contributed by atoms with van der Waals surface area (Å²) in [6, 6.07) is 13.2. The predicted molar refractivity (Wildman–Crippen MR) is 77.6 cm³/mol. The van der Waals surface area contributed by atoms with Gasteiger partial charge in [0.25, 0.3) is 5.91 Å². The number of carbonyl (C=O) groups excluding carboxylic acids is 1. The number of rotatable bonds is 5. The largest absolute Gasteiger partial charge is 0.487 e. The number of nitrogens with one attached hydrogen (secondary N) is 1. The number of hydrogen-bond donors (Lipinski definition) is 1. The first-order chi connectivity index (χ1) is 9.65. The summed E-state index contributed by atoms with van der Waals surface area (Å²) >= 11 is 0. The fourth-order valence-corrected chi connectivity index (χ4v) is 1.66. The number of carbonyl (C=O) groups is 1. The predicted octanol–water partition coefficient (Wildman–Crippen LogP) is 2.80. The zero-order chi connectivity index (χ0) is 14.4. The van der Waals surface area contributed by atoms with E-state index in [0.717, 1.165) is 11.4 Å². The van der Waals surface area contributed by atoms with Crippen molar-refractivity contribution >= 4 is 5.91 Å². The highest BCUT2D eigenvalue weighted by molar-refractivity contribution is 5.93. The minimum absolute atomic E-state index is 0.108. The van der Waals surface area contributed by atoms with Crippen LogP contribution in [-0.2, 0) is 6.61 Å². The number of para-hydroxylation sites is 1. The maximum absolute atomic E-state index is 11.8. The summed E-state index contributed by atoms with van der Waals surface area (Å²) in [4.78, 5) is 16.0. The summed E-state index contributed by atoms with van der Waals surface area (Å²) < 4.78 is 5.59. The fraction of sp³-hybridized carbons (Fsp3) is 0.250. The highest BCUT2D eigenvalue weighted by Crippen LogP contribution is 2.11. The van der Waals surface area contributed by atoms with Crippen LogP contribution in [0.5, 0.6) is 5.75 Å². The smallest absolute Gasteiger partial charge is 0.253 e. The topological polar surface area (TPSA) is 51.2 Å². The number of aromatic nitrogens is 1. The Kier molecular flexibility index (Phi) is 4.71. The van der Waals surface area contributed by atoms with Gasteiger partial charge in [-0.3, -0.25) is 9.78 Å². The molecule has 0 atom stereocenters. The molecule has 0 saturated carbocycles. The fourth-order valence-electron chi connectivity index (χ4n) is 1.66. The van der Waals surface area contributed by atoms with Crippen molar-refractivity contribution in [1.29, 1.82) is 0 Å². The van der Waals surface area contributed by atoms with E-state index >= 15 is 0 Å². The molecule has 104 valence electrons. The second kappa shape index (κ2) is 6.70. The van der Waals surface area contributed by atoms with Crippen molar-refractivity contribution in [2.45, 2.75) is 26.5 Å². The summed E-state index contributed by atoms with van der Waals surface area (Å²) in [6.45, 7) is 4.23. The van der Waals surface area contributed by atoms with E-state index in [4.69, 9.17) is 4.74 Å². The third-order valence-corrected chi connectivity index (χ3v) is 2.64. The van der Waals surface area contributed by atoms with Crippen LogP contribution >= 0.6 is 0 Å². The first-order valence-corrected chi connectivity index (χ1v) is 6.59. The molecule has 1 aromatic heterocycles. The normalized spacial score (nSPS) is 10.3. The molecule has 0 fully saturated rings. The van der Waals surface area contributed by atoms with Gasteiger partial charge in [-0.2, -0.15) is 0 Å². The van der Waals surface area contributed by atoms with Crippen molar-refractivity contribution < 1.29 is 9.53 Å². The van der Waals surface area contributed by atoms with Gasteiger partial charge in [-0.15, -0.1) is 0 Å². The van der Waals surface area contributed by atoms with E-state index in [-0.39, 0.29) is 11.9 Å². The lowest BCUT2D eigenvalue weighted by Crippen LogP contribution is -2.30. The second-order valence-electron chi connectivity index (χ2n) is 4.77. The SMILES string of the molecule is CC(C)NC(=O)c1ccc(COc2ccccc2)nc1. The lowest BCUT2D eigenvalue weighted by molar-refractivity contribution is 0.0942. The van der Waals surface area contributed by atoms with Crippen LogP contribution in [-0.4, -0.2) is 16.9 Å². The molecule has 0 unspecified atom stereocenters. The summed E-state index contributed by atoms with van der Waals surface area (Å²) in [6.07, 6.45) is 1.57. The van der Waals surface area contributed by atoms with E-state index in [9.17, 15) is 4.79 Å². The maximum Gasteiger partial charge on any atom is 0.253 e. The van der Waals surface area contributed by atoms with E-state index in [1.54, 1.807) is 18.3 Å². The average molecular weight is 270 g/mol. The van der Waals surface area contributed by atoms with Gasteiger partial charge in [0.2, 0.25) is 0 Å². The molecule has 0 aliphatic heterocycles. The van der Waals surface area contributed by atoms with Crippen LogP contribution in [0.3, 0.4) is 0 Å². The second-order valence-corrected chi connectivity index (χ2v) is 4.77. The molecule has 1 amide bonds. The van der Waals surface area contributed by atoms with Gasteiger partial charge in [0.1, 0.15) is 12.4 Å². The van der Waals surface area contributed by atoms with E-state index in [1.807, 2.05) is 44.2 Å². The zero-order valence-corrected chi connectivity index (χ0v) is 11.7. The Morgan fingerprint density at radius 1 is 1.20 bits per heavy atom. The summed E-state index contributed by atoms with van der Waals surface area (Å²) in [7, 11) is 0. The first-order valence-electron chi connectivity index (χ1n) is 6.59. The highest BCUT2D eigenvalue weighted by Gasteiger charge is 2.07. The van der Waals surface area contributed by atoms with Gasteiger partial charge in [0.15, 0.2) is 0 Å². The third kappa shape index (κ3) is 4.09. The van der Waals surface area contributed by atoms with Crippen molar-refractivity contribution in [2.75, 3.05) is 0 Å². The number of nitrogens with zero attached hydrogens (tertiary/aromatic N) is 1. The standard InChI is InChI=1S/C16H18N2O2/c1-12(2)18-16(19)13-8-9-14(17-10-13)11-20-15-6-4-3-5-7-15/h3-10,12H,11H2,1-2H3,(H,18,19). The Morgan fingerprint density at radius 3 is 2.55 bits per heavy atom. The monoisotopic (exact) mass is 270 g/mol. The highest BCUT2D eigenvalue weighted by atomic mass is 16.5. The Balaban J connectivity index is 1.93. The molecule has 2 aromatic rings. The van der Waals surface area contributed by atoms with Crippen molar-refractivity contribution in [2.24, 2.45) is 0 Å². The Bertz CT molecular complexity index is 550. The molecule has 1 heterocycles. The molecule has 0 aliphatic carbocycles. The molecule has 0 bridgehead atoms. The number of amides is 1. The summed E-state index contributed by atoms with van der Waals surface area (Å²) in [5.74, 6) is 0.693. The molecule has 4 heteroatoms. The van der Waals surface area contributed by atoms with Crippen molar-refractivity contribution in [3.05, 3.63) is 59.9 Å². The third-order valence-electron chi connectivity index (χ3n) is 2.64. The van der Waals surface area contributed by atoms with E-state index in [1.165, 1.54) is 0 Å². The number of benzene rings is 1. The molecule has 20 heavy (non-hydrogen) atoms. The van der Waals surface area contributed by atoms with E-state index < -0.39 is 0 Å². The van der Waals surface area contributed by atoms with Gasteiger partial charge in [0.05, 0.1) is 11.3 Å². The molecule has 0 spiro atoms. The molecule has 0 aliphatic rings. The van der Waals surface area contributed by atoms with Gasteiger partial charge in [0, 0.05) is 12.2 Å². The molecular weight excluding hydrogens is 252 g/mol. The molecule has 1 aromatic carbocycles. The van der Waals surface area contributed by atoms with Gasteiger partial charge in [-0.25, -0.2) is 0 Å². The van der Waals surface area contributed by atoms with Gasteiger partial charge in [-0.1, -0.05) is 18.2 Å². The Labute approximate surface area is 118 Å². The number of hydrogen-bond acceptors (Lipinski definition) is 3. The van der Waals surface area contributed by atoms with Crippen molar-refractivity contribution in [1.82, 2.24) is 10.3 Å². The summed E-state index contributed by atoms with van der Waals surface area (Å²) in [5.41, 5.74) is 1.34. The molecule has 0 radical (unpaired) electrons. The molecule has 2 rings (SSSR count). The van der Waals surface area contributed by atoms with Crippen LogP contribution in [0.4, 0.5) is 0 Å². The van der Waals surface area contributed by atoms with Gasteiger partial charge >= 0.3 is 0 Å². The van der Waals surface area contributed by atoms with Crippen LogP contribution < -0.4 is 10.1 Å². The first kappa shape index (κ1) is 14.1. The average Bonchev–Trinajstić information content (AvgIpc) is 2.46. The lowest BCUT2D eigenvalue weighted by atomic mass is 10.2. The Hall–Kier alpha value is -2.36. The van der Waals surface area contributed by atoms with E-state index in [2.05, 4.69) is 10.3 Å². The zero-order valence-electron chi connectivity index (χ0n) is 11.7. The maximum atomic E-state index is 11.8. The van der Waals surface area contributed by atoms with Crippen LogP contribution in [0.15, 0.2) is 48.7 Å². The molecule has 4 nitrogen and oxygen atoms in total. The van der Waals surface area contributed by atoms with Gasteiger partial charge in [-0.05, 0) is 38.1 Å². The van der Waals surface area contributed by atoms with Gasteiger partial charge < -0.3 is 10.1 Å². The minimum Gasteiger partial charge on any atom is -0.487 e. The van der Waals surface area contributed by atoms with Crippen LogP contribution in [0, 0.1) is 0 Å². The molecule has 1 N–H and O–H groups in total. The minimum atomic E-state index is -0.108. The molecular formula is C16H18N2O2. The number of pyridine rings is 1. The summed E-state index contributed by atoms with van der Waals surface area (Å²) in [5, 5.41) is 2.83. The number of ether oxygens (including phenoxy) is 1.